The molecule has 1 aromatic rings. The van der Waals surface area contributed by atoms with E-state index >= 15 is 0 Å². The van der Waals surface area contributed by atoms with E-state index in [0.717, 1.165) is 43.9 Å². The van der Waals surface area contributed by atoms with Crippen LogP contribution in [0.2, 0.25) is 0 Å². The first-order valence-electron chi connectivity index (χ1n) is 7.33. The molecule has 2 unspecified atom stereocenters. The predicted molar refractivity (Wildman–Crippen MR) is 77.3 cm³/mol. The highest BCUT2D eigenvalue weighted by Crippen LogP contribution is 2.36. The van der Waals surface area contributed by atoms with Gasteiger partial charge in [-0.15, -0.1) is 0 Å². The van der Waals surface area contributed by atoms with Crippen molar-refractivity contribution in [1.29, 1.82) is 0 Å². The van der Waals surface area contributed by atoms with Crippen molar-refractivity contribution in [3.05, 3.63) is 23.8 Å². The molecule has 2 fully saturated rings. The Morgan fingerprint density at radius 2 is 2.00 bits per heavy atom. The molecule has 2 atom stereocenters. The van der Waals surface area contributed by atoms with Crippen molar-refractivity contribution in [3.8, 4) is 0 Å². The summed E-state index contributed by atoms with van der Waals surface area (Å²) in [6.45, 7) is 5.03. The molecule has 0 aliphatic carbocycles. The van der Waals surface area contributed by atoms with Gasteiger partial charge in [-0.05, 0) is 44.5 Å². The normalized spacial score (nSPS) is 27.0. The lowest BCUT2D eigenvalue weighted by atomic mass is 10.0. The standard InChI is InChI=1S/C15H20F3N3/c1-10-8-20-6-2-3-12(20)9-21(10)14-5-4-11(7-13(14)19)15(16,17)18/h4-5,7,10,12H,2-3,6,8-9,19H2,1H3. The number of alkyl halides is 3. The van der Waals surface area contributed by atoms with Crippen LogP contribution in [0.1, 0.15) is 25.3 Å². The van der Waals surface area contributed by atoms with Crippen LogP contribution in [0.5, 0.6) is 0 Å². The second-order valence-electron chi connectivity index (χ2n) is 6.06. The SMILES string of the molecule is CC1CN2CCCC2CN1c1ccc(C(F)(F)F)cc1N. The summed E-state index contributed by atoms with van der Waals surface area (Å²) in [5.74, 6) is 0. The predicted octanol–water partition coefficient (Wildman–Crippen LogP) is 2.96. The number of nitrogen functional groups attached to an aromatic ring is 1. The number of halogens is 3. The molecular formula is C15H20F3N3. The van der Waals surface area contributed by atoms with Gasteiger partial charge in [0, 0.05) is 25.2 Å². The van der Waals surface area contributed by atoms with Crippen LogP contribution in [0.15, 0.2) is 18.2 Å². The first-order valence-corrected chi connectivity index (χ1v) is 7.33. The maximum absolute atomic E-state index is 12.7. The van der Waals surface area contributed by atoms with Crippen LogP contribution < -0.4 is 10.6 Å². The Morgan fingerprint density at radius 3 is 2.67 bits per heavy atom. The van der Waals surface area contributed by atoms with E-state index in [1.807, 2.05) is 0 Å². The van der Waals surface area contributed by atoms with Crippen molar-refractivity contribution in [3.63, 3.8) is 0 Å². The van der Waals surface area contributed by atoms with Gasteiger partial charge < -0.3 is 10.6 Å². The fraction of sp³-hybridized carbons (Fsp3) is 0.600. The number of rotatable bonds is 1. The zero-order chi connectivity index (χ0) is 15.2. The number of nitrogens with two attached hydrogens (primary N) is 1. The molecule has 116 valence electrons. The summed E-state index contributed by atoms with van der Waals surface area (Å²) in [5, 5.41) is 0. The Kier molecular flexibility index (Phi) is 3.51. The number of fused-ring (bicyclic) bond motifs is 1. The second kappa shape index (κ2) is 5.09. The molecule has 21 heavy (non-hydrogen) atoms. The van der Waals surface area contributed by atoms with Crippen LogP contribution in [0.25, 0.3) is 0 Å². The number of benzene rings is 1. The average molecular weight is 299 g/mol. The summed E-state index contributed by atoms with van der Waals surface area (Å²) < 4.78 is 38.2. The van der Waals surface area contributed by atoms with E-state index in [2.05, 4.69) is 16.7 Å². The van der Waals surface area contributed by atoms with E-state index in [1.165, 1.54) is 12.5 Å². The van der Waals surface area contributed by atoms with Gasteiger partial charge in [-0.25, -0.2) is 0 Å². The molecule has 1 aromatic carbocycles. The maximum Gasteiger partial charge on any atom is 0.416 e. The molecule has 2 heterocycles. The number of hydrogen-bond acceptors (Lipinski definition) is 3. The Hall–Kier alpha value is -1.43. The van der Waals surface area contributed by atoms with Gasteiger partial charge in [0.15, 0.2) is 0 Å². The topological polar surface area (TPSA) is 32.5 Å². The molecule has 2 N–H and O–H groups in total. The van der Waals surface area contributed by atoms with Gasteiger partial charge in [0.1, 0.15) is 0 Å². The summed E-state index contributed by atoms with van der Waals surface area (Å²) in [7, 11) is 0. The summed E-state index contributed by atoms with van der Waals surface area (Å²) in [4.78, 5) is 4.63. The summed E-state index contributed by atoms with van der Waals surface area (Å²) in [5.41, 5.74) is 6.14. The van der Waals surface area contributed by atoms with Crippen molar-refractivity contribution in [2.45, 2.75) is 38.0 Å². The first kappa shape index (κ1) is 14.5. The van der Waals surface area contributed by atoms with Crippen molar-refractivity contribution >= 4 is 11.4 Å². The van der Waals surface area contributed by atoms with Gasteiger partial charge in [0.05, 0.1) is 16.9 Å². The molecule has 0 spiro atoms. The molecule has 3 nitrogen and oxygen atoms in total. The van der Waals surface area contributed by atoms with Crippen molar-refractivity contribution in [1.82, 2.24) is 4.90 Å². The zero-order valence-corrected chi connectivity index (χ0v) is 12.0. The lowest BCUT2D eigenvalue weighted by Gasteiger charge is -2.44. The first-order chi connectivity index (χ1) is 9.86. The molecule has 0 bridgehead atoms. The summed E-state index contributed by atoms with van der Waals surface area (Å²) in [6, 6.07) is 4.45. The van der Waals surface area contributed by atoms with E-state index in [0.29, 0.717) is 6.04 Å². The van der Waals surface area contributed by atoms with E-state index in [4.69, 9.17) is 5.73 Å². The monoisotopic (exact) mass is 299 g/mol. The van der Waals surface area contributed by atoms with Crippen molar-refractivity contribution in [2.75, 3.05) is 30.3 Å². The van der Waals surface area contributed by atoms with Crippen molar-refractivity contribution < 1.29 is 13.2 Å². The van der Waals surface area contributed by atoms with E-state index in [-0.39, 0.29) is 11.7 Å². The fourth-order valence-corrected chi connectivity index (χ4v) is 3.52. The minimum atomic E-state index is -4.34. The van der Waals surface area contributed by atoms with E-state index < -0.39 is 11.7 Å². The Balaban J connectivity index is 1.86. The molecule has 0 saturated carbocycles. The maximum atomic E-state index is 12.7. The van der Waals surface area contributed by atoms with Gasteiger partial charge >= 0.3 is 6.18 Å². The average Bonchev–Trinajstić information content (AvgIpc) is 2.84. The molecular weight excluding hydrogens is 279 g/mol. The van der Waals surface area contributed by atoms with Crippen LogP contribution in [0.4, 0.5) is 24.5 Å². The third kappa shape index (κ3) is 2.69. The lowest BCUT2D eigenvalue weighted by molar-refractivity contribution is -0.137. The summed E-state index contributed by atoms with van der Waals surface area (Å²) in [6.07, 6.45) is -1.99. The fourth-order valence-electron chi connectivity index (χ4n) is 3.52. The van der Waals surface area contributed by atoms with E-state index in [9.17, 15) is 13.2 Å². The number of nitrogens with zero attached hydrogens (tertiary/aromatic N) is 2. The molecule has 3 rings (SSSR count). The van der Waals surface area contributed by atoms with Crippen molar-refractivity contribution in [2.24, 2.45) is 0 Å². The largest absolute Gasteiger partial charge is 0.416 e. The quantitative estimate of drug-likeness (QED) is 0.809. The van der Waals surface area contributed by atoms with Gasteiger partial charge in [0.25, 0.3) is 0 Å². The molecule has 6 heteroatoms. The Labute approximate surface area is 122 Å². The number of hydrogen-bond donors (Lipinski definition) is 1. The van der Waals surface area contributed by atoms with Gasteiger partial charge in [0.2, 0.25) is 0 Å². The van der Waals surface area contributed by atoms with Crippen LogP contribution in [-0.4, -0.2) is 36.6 Å². The summed E-state index contributed by atoms with van der Waals surface area (Å²) >= 11 is 0. The molecule has 0 radical (unpaired) electrons. The highest BCUT2D eigenvalue weighted by Gasteiger charge is 2.36. The van der Waals surface area contributed by atoms with Gasteiger partial charge in [-0.1, -0.05) is 0 Å². The highest BCUT2D eigenvalue weighted by molar-refractivity contribution is 5.69. The molecule has 2 aliphatic rings. The van der Waals surface area contributed by atoms with Crippen LogP contribution in [0, 0.1) is 0 Å². The number of anilines is 2. The van der Waals surface area contributed by atoms with Gasteiger partial charge in [-0.2, -0.15) is 13.2 Å². The Morgan fingerprint density at radius 1 is 1.24 bits per heavy atom. The second-order valence-corrected chi connectivity index (χ2v) is 6.06. The smallest absolute Gasteiger partial charge is 0.397 e. The van der Waals surface area contributed by atoms with Gasteiger partial charge in [-0.3, -0.25) is 4.90 Å². The third-order valence-electron chi connectivity index (χ3n) is 4.60. The Bertz CT molecular complexity index is 529. The molecule has 0 aromatic heterocycles. The van der Waals surface area contributed by atoms with Crippen LogP contribution >= 0.6 is 0 Å². The zero-order valence-electron chi connectivity index (χ0n) is 12.0. The van der Waals surface area contributed by atoms with E-state index in [1.54, 1.807) is 0 Å². The molecule has 2 aliphatic heterocycles. The molecule has 2 saturated heterocycles. The lowest BCUT2D eigenvalue weighted by Crippen LogP contribution is -2.55. The highest BCUT2D eigenvalue weighted by atomic mass is 19.4. The van der Waals surface area contributed by atoms with Crippen LogP contribution in [0.3, 0.4) is 0 Å². The minimum Gasteiger partial charge on any atom is -0.397 e. The van der Waals surface area contributed by atoms with Crippen LogP contribution in [-0.2, 0) is 6.18 Å². The minimum absolute atomic E-state index is 0.211. The molecule has 0 amide bonds. The number of piperazine rings is 1. The third-order valence-corrected chi connectivity index (χ3v) is 4.60.